The zero-order chi connectivity index (χ0) is 14.9. The Bertz CT molecular complexity index is 629. The molecule has 0 fully saturated rings. The number of hydrogen-bond donors (Lipinski definition) is 1. The van der Waals surface area contributed by atoms with Gasteiger partial charge in [0.25, 0.3) is 0 Å². The molecular weight excluding hydrogens is 264 g/mol. The molecule has 1 heterocycles. The molecule has 1 atom stereocenters. The van der Waals surface area contributed by atoms with Crippen LogP contribution in [0.4, 0.5) is 0 Å². The van der Waals surface area contributed by atoms with Gasteiger partial charge in [-0.2, -0.15) is 0 Å². The maximum atomic E-state index is 11.1. The summed E-state index contributed by atoms with van der Waals surface area (Å²) in [5.74, 6) is 1.62. The summed E-state index contributed by atoms with van der Waals surface area (Å²) in [6, 6.07) is 13.5. The number of hydrogen-bond acceptors (Lipinski definition) is 3. The molecule has 1 N–H and O–H groups in total. The predicted octanol–water partition coefficient (Wildman–Crippen LogP) is 3.28. The summed E-state index contributed by atoms with van der Waals surface area (Å²) in [7, 11) is 1.63. The Balaban J connectivity index is 2.04. The molecule has 1 aliphatic heterocycles. The Morgan fingerprint density at radius 1 is 1.14 bits per heavy atom. The monoisotopic (exact) mass is 284 g/mol. The number of methoxy groups -OCH3 is 1. The molecule has 0 bridgehead atoms. The summed E-state index contributed by atoms with van der Waals surface area (Å²) in [6.45, 7) is 2.52. The molecule has 0 saturated carbocycles. The quantitative estimate of drug-likeness (QED) is 0.940. The summed E-state index contributed by atoms with van der Waals surface area (Å²) in [6.07, 6.45) is 2.03. The van der Waals surface area contributed by atoms with Crippen molar-refractivity contribution < 1.29 is 14.6 Å². The molecule has 3 heteroatoms. The zero-order valence-electron chi connectivity index (χ0n) is 12.4. The highest BCUT2D eigenvalue weighted by Crippen LogP contribution is 2.39. The van der Waals surface area contributed by atoms with E-state index in [1.807, 2.05) is 43.3 Å². The Morgan fingerprint density at radius 3 is 2.62 bits per heavy atom. The van der Waals surface area contributed by atoms with E-state index in [9.17, 15) is 5.11 Å². The van der Waals surface area contributed by atoms with E-state index in [0.717, 1.165) is 35.5 Å². The highest BCUT2D eigenvalue weighted by Gasteiger charge is 2.31. The van der Waals surface area contributed by atoms with E-state index in [0.29, 0.717) is 6.61 Å². The first-order valence-electron chi connectivity index (χ1n) is 7.25. The molecule has 21 heavy (non-hydrogen) atoms. The van der Waals surface area contributed by atoms with E-state index in [-0.39, 0.29) is 0 Å². The molecule has 0 saturated heterocycles. The highest BCUT2D eigenvalue weighted by molar-refractivity contribution is 5.50. The van der Waals surface area contributed by atoms with Crippen molar-refractivity contribution in [3.05, 3.63) is 59.2 Å². The SMILES string of the molecule is COc1ccc(C(C)(O)c2cccc3c2OCCC3)cc1. The van der Waals surface area contributed by atoms with Crippen molar-refractivity contribution in [1.29, 1.82) is 0 Å². The van der Waals surface area contributed by atoms with Crippen molar-refractivity contribution in [3.63, 3.8) is 0 Å². The first kappa shape index (κ1) is 14.0. The average Bonchev–Trinajstić information content (AvgIpc) is 2.54. The number of ether oxygens (including phenoxy) is 2. The summed E-state index contributed by atoms with van der Waals surface area (Å²) in [5.41, 5.74) is 1.73. The Kier molecular flexibility index (Phi) is 3.60. The lowest BCUT2D eigenvalue weighted by Gasteiger charge is -2.29. The normalized spacial score (nSPS) is 16.5. The van der Waals surface area contributed by atoms with Crippen LogP contribution in [-0.4, -0.2) is 18.8 Å². The van der Waals surface area contributed by atoms with Crippen molar-refractivity contribution in [1.82, 2.24) is 0 Å². The molecular formula is C18H20O3. The molecule has 1 unspecified atom stereocenters. The van der Waals surface area contributed by atoms with Crippen LogP contribution in [0.25, 0.3) is 0 Å². The Morgan fingerprint density at radius 2 is 1.90 bits per heavy atom. The topological polar surface area (TPSA) is 38.7 Å². The molecule has 3 nitrogen and oxygen atoms in total. The molecule has 0 radical (unpaired) electrons. The van der Waals surface area contributed by atoms with Crippen LogP contribution in [0.15, 0.2) is 42.5 Å². The van der Waals surface area contributed by atoms with Crippen molar-refractivity contribution in [2.24, 2.45) is 0 Å². The van der Waals surface area contributed by atoms with Crippen LogP contribution in [0.5, 0.6) is 11.5 Å². The fourth-order valence-corrected chi connectivity index (χ4v) is 2.84. The van der Waals surface area contributed by atoms with E-state index >= 15 is 0 Å². The van der Waals surface area contributed by atoms with Gasteiger partial charge in [-0.1, -0.05) is 30.3 Å². The first-order valence-corrected chi connectivity index (χ1v) is 7.25. The largest absolute Gasteiger partial charge is 0.497 e. The van der Waals surface area contributed by atoms with Crippen LogP contribution >= 0.6 is 0 Å². The first-order chi connectivity index (χ1) is 10.1. The lowest BCUT2D eigenvalue weighted by Crippen LogP contribution is -2.25. The van der Waals surface area contributed by atoms with Gasteiger partial charge in [-0.15, -0.1) is 0 Å². The smallest absolute Gasteiger partial charge is 0.128 e. The third-order valence-corrected chi connectivity index (χ3v) is 4.11. The van der Waals surface area contributed by atoms with Gasteiger partial charge in [-0.05, 0) is 43.0 Å². The molecule has 0 aromatic heterocycles. The molecule has 2 aromatic rings. The number of fused-ring (bicyclic) bond motifs is 1. The molecule has 3 rings (SSSR count). The van der Waals surface area contributed by atoms with Gasteiger partial charge in [0.15, 0.2) is 0 Å². The lowest BCUT2D eigenvalue weighted by molar-refractivity contribution is 0.0967. The van der Waals surface area contributed by atoms with E-state index in [1.165, 1.54) is 5.56 Å². The maximum Gasteiger partial charge on any atom is 0.128 e. The highest BCUT2D eigenvalue weighted by atomic mass is 16.5. The van der Waals surface area contributed by atoms with Crippen LogP contribution in [-0.2, 0) is 12.0 Å². The summed E-state index contributed by atoms with van der Waals surface area (Å²) in [4.78, 5) is 0. The van der Waals surface area contributed by atoms with Crippen LogP contribution in [0.2, 0.25) is 0 Å². The number of benzene rings is 2. The Labute approximate surface area is 125 Å². The summed E-state index contributed by atoms with van der Waals surface area (Å²) < 4.78 is 11.0. The van der Waals surface area contributed by atoms with Crippen LogP contribution in [0.1, 0.15) is 30.0 Å². The third kappa shape index (κ3) is 2.49. The van der Waals surface area contributed by atoms with Gasteiger partial charge in [-0.25, -0.2) is 0 Å². The van der Waals surface area contributed by atoms with Gasteiger partial charge >= 0.3 is 0 Å². The van der Waals surface area contributed by atoms with E-state index < -0.39 is 5.60 Å². The van der Waals surface area contributed by atoms with Crippen LogP contribution < -0.4 is 9.47 Å². The molecule has 0 amide bonds. The minimum Gasteiger partial charge on any atom is -0.497 e. The van der Waals surface area contributed by atoms with Gasteiger partial charge < -0.3 is 14.6 Å². The minimum absolute atomic E-state index is 0.711. The molecule has 1 aliphatic rings. The minimum atomic E-state index is -1.09. The fourth-order valence-electron chi connectivity index (χ4n) is 2.84. The van der Waals surface area contributed by atoms with Crippen molar-refractivity contribution in [2.45, 2.75) is 25.4 Å². The van der Waals surface area contributed by atoms with Crippen LogP contribution in [0, 0.1) is 0 Å². The predicted molar refractivity (Wildman–Crippen MR) is 81.9 cm³/mol. The van der Waals surface area contributed by atoms with Crippen molar-refractivity contribution in [3.8, 4) is 11.5 Å². The lowest BCUT2D eigenvalue weighted by atomic mass is 9.85. The second-order valence-electron chi connectivity index (χ2n) is 5.55. The molecule has 0 spiro atoms. The fraction of sp³-hybridized carbons (Fsp3) is 0.333. The third-order valence-electron chi connectivity index (χ3n) is 4.11. The van der Waals surface area contributed by atoms with Gasteiger partial charge in [0.05, 0.1) is 13.7 Å². The van der Waals surface area contributed by atoms with Crippen molar-refractivity contribution in [2.75, 3.05) is 13.7 Å². The van der Waals surface area contributed by atoms with Gasteiger partial charge in [-0.3, -0.25) is 0 Å². The van der Waals surface area contributed by atoms with Crippen LogP contribution in [0.3, 0.4) is 0 Å². The number of rotatable bonds is 3. The van der Waals surface area contributed by atoms with E-state index in [2.05, 4.69) is 6.07 Å². The second kappa shape index (κ2) is 5.41. The molecule has 0 aliphatic carbocycles. The number of aryl methyl sites for hydroxylation is 1. The van der Waals surface area contributed by atoms with Gasteiger partial charge in [0.1, 0.15) is 17.1 Å². The number of para-hydroxylation sites is 1. The summed E-state index contributed by atoms with van der Waals surface area (Å²) in [5, 5.41) is 11.1. The number of aliphatic hydroxyl groups is 1. The maximum absolute atomic E-state index is 11.1. The molecule has 2 aromatic carbocycles. The van der Waals surface area contributed by atoms with E-state index in [4.69, 9.17) is 9.47 Å². The zero-order valence-corrected chi connectivity index (χ0v) is 12.4. The average molecular weight is 284 g/mol. The molecule has 110 valence electrons. The second-order valence-corrected chi connectivity index (χ2v) is 5.55. The van der Waals surface area contributed by atoms with Crippen molar-refractivity contribution >= 4 is 0 Å². The van der Waals surface area contributed by atoms with Gasteiger partial charge in [0, 0.05) is 5.56 Å². The Hall–Kier alpha value is -2.00. The summed E-state index contributed by atoms with van der Waals surface area (Å²) >= 11 is 0. The standard InChI is InChI=1S/C18H20O3/c1-18(19,14-8-10-15(20-2)11-9-14)16-7-3-5-13-6-4-12-21-17(13)16/h3,5,7-11,19H,4,6,12H2,1-2H3. The van der Waals surface area contributed by atoms with E-state index in [1.54, 1.807) is 7.11 Å². The van der Waals surface area contributed by atoms with Gasteiger partial charge in [0.2, 0.25) is 0 Å².